The fourth-order valence-electron chi connectivity index (χ4n) is 2.59. The van der Waals surface area contributed by atoms with Gasteiger partial charge in [-0.3, -0.25) is 4.98 Å². The highest BCUT2D eigenvalue weighted by Crippen LogP contribution is 2.26. The van der Waals surface area contributed by atoms with E-state index < -0.39 is 0 Å². The Morgan fingerprint density at radius 1 is 1.26 bits per heavy atom. The summed E-state index contributed by atoms with van der Waals surface area (Å²) < 4.78 is 0. The molecule has 0 fully saturated rings. The maximum absolute atomic E-state index is 4.06. The van der Waals surface area contributed by atoms with Gasteiger partial charge in [-0.1, -0.05) is 18.2 Å². The molecule has 1 aromatic heterocycles. The van der Waals surface area contributed by atoms with Gasteiger partial charge in [-0.15, -0.1) is 0 Å². The normalized spacial score (nSPS) is 14.8. The van der Waals surface area contributed by atoms with E-state index in [0.717, 1.165) is 19.5 Å². The second-order valence-electron chi connectivity index (χ2n) is 5.01. The molecule has 0 saturated heterocycles. The third-order valence-electron chi connectivity index (χ3n) is 3.74. The molecule has 0 radical (unpaired) electrons. The van der Waals surface area contributed by atoms with Crippen LogP contribution in [0, 0.1) is 0 Å². The fourth-order valence-corrected chi connectivity index (χ4v) is 2.59. The lowest BCUT2D eigenvalue weighted by molar-refractivity contribution is 0.575. The van der Waals surface area contributed by atoms with Crippen molar-refractivity contribution in [2.24, 2.45) is 0 Å². The molecule has 2 aromatic rings. The van der Waals surface area contributed by atoms with E-state index in [1.807, 2.05) is 12.4 Å². The molecule has 2 heterocycles. The van der Waals surface area contributed by atoms with Crippen molar-refractivity contribution >= 4 is 5.69 Å². The highest BCUT2D eigenvalue weighted by molar-refractivity contribution is 5.61. The topological polar surface area (TPSA) is 37.0 Å². The van der Waals surface area contributed by atoms with Crippen LogP contribution in [-0.4, -0.2) is 11.5 Å². The van der Waals surface area contributed by atoms with E-state index in [-0.39, 0.29) is 0 Å². The van der Waals surface area contributed by atoms with Crippen LogP contribution in [0.2, 0.25) is 0 Å². The van der Waals surface area contributed by atoms with Crippen molar-refractivity contribution in [2.75, 3.05) is 11.9 Å². The molecule has 1 atom stereocenters. The minimum absolute atomic E-state index is 0.334. The first kappa shape index (κ1) is 12.2. The Kier molecular flexibility index (Phi) is 3.47. The second-order valence-corrected chi connectivity index (χ2v) is 5.01. The number of para-hydroxylation sites is 1. The molecule has 1 aliphatic heterocycles. The maximum atomic E-state index is 4.06. The van der Waals surface area contributed by atoms with Gasteiger partial charge in [0.15, 0.2) is 0 Å². The molecule has 0 spiro atoms. The van der Waals surface area contributed by atoms with Gasteiger partial charge < -0.3 is 10.6 Å². The highest BCUT2D eigenvalue weighted by Gasteiger charge is 2.14. The molecule has 98 valence electrons. The van der Waals surface area contributed by atoms with E-state index in [9.17, 15) is 0 Å². The summed E-state index contributed by atoms with van der Waals surface area (Å²) >= 11 is 0. The second kappa shape index (κ2) is 5.41. The van der Waals surface area contributed by atoms with Crippen molar-refractivity contribution in [1.82, 2.24) is 10.3 Å². The van der Waals surface area contributed by atoms with Gasteiger partial charge in [0, 0.05) is 37.2 Å². The summed E-state index contributed by atoms with van der Waals surface area (Å²) in [6.07, 6.45) is 4.83. The molecular formula is C16H19N3. The number of benzene rings is 1. The number of nitrogens with one attached hydrogen (secondary N) is 2. The standard InChI is InChI=1S/C16H19N3/c1-12(13-5-8-17-9-6-13)19-11-15-4-2-3-14-7-10-18-16(14)15/h2-6,8-9,12,18-19H,7,10-11H2,1H3. The van der Waals surface area contributed by atoms with E-state index in [1.54, 1.807) is 0 Å². The van der Waals surface area contributed by atoms with E-state index in [2.05, 4.69) is 52.9 Å². The van der Waals surface area contributed by atoms with Crippen molar-refractivity contribution in [2.45, 2.75) is 25.9 Å². The van der Waals surface area contributed by atoms with Gasteiger partial charge in [0.1, 0.15) is 0 Å². The highest BCUT2D eigenvalue weighted by atomic mass is 14.9. The van der Waals surface area contributed by atoms with Crippen LogP contribution in [0.25, 0.3) is 0 Å². The lowest BCUT2D eigenvalue weighted by atomic mass is 10.1. The summed E-state index contributed by atoms with van der Waals surface area (Å²) in [5.74, 6) is 0. The van der Waals surface area contributed by atoms with Crippen LogP contribution in [-0.2, 0) is 13.0 Å². The number of nitrogens with zero attached hydrogens (tertiary/aromatic N) is 1. The average Bonchev–Trinajstić information content (AvgIpc) is 2.94. The van der Waals surface area contributed by atoms with Crippen LogP contribution in [0.15, 0.2) is 42.7 Å². The van der Waals surface area contributed by atoms with E-state index in [1.165, 1.54) is 22.4 Å². The Morgan fingerprint density at radius 3 is 2.95 bits per heavy atom. The van der Waals surface area contributed by atoms with Gasteiger partial charge in [-0.2, -0.15) is 0 Å². The Balaban J connectivity index is 1.69. The molecule has 0 aliphatic carbocycles. The third-order valence-corrected chi connectivity index (χ3v) is 3.74. The molecule has 2 N–H and O–H groups in total. The van der Waals surface area contributed by atoms with Crippen molar-refractivity contribution < 1.29 is 0 Å². The van der Waals surface area contributed by atoms with E-state index >= 15 is 0 Å². The molecule has 3 heteroatoms. The molecule has 1 aliphatic rings. The van der Waals surface area contributed by atoms with E-state index in [4.69, 9.17) is 0 Å². The lowest BCUT2D eigenvalue weighted by Gasteiger charge is -2.16. The summed E-state index contributed by atoms with van der Waals surface area (Å²) in [5.41, 5.74) is 5.40. The lowest BCUT2D eigenvalue weighted by Crippen LogP contribution is -2.18. The van der Waals surface area contributed by atoms with Gasteiger partial charge in [-0.25, -0.2) is 0 Å². The summed E-state index contributed by atoms with van der Waals surface area (Å²) in [7, 11) is 0. The zero-order valence-electron chi connectivity index (χ0n) is 11.2. The van der Waals surface area contributed by atoms with E-state index in [0.29, 0.717) is 6.04 Å². The number of hydrogen-bond donors (Lipinski definition) is 2. The van der Waals surface area contributed by atoms with Crippen LogP contribution >= 0.6 is 0 Å². The van der Waals surface area contributed by atoms with Gasteiger partial charge in [0.25, 0.3) is 0 Å². The van der Waals surface area contributed by atoms with Gasteiger partial charge in [0.05, 0.1) is 0 Å². The number of rotatable bonds is 4. The Hall–Kier alpha value is -1.87. The van der Waals surface area contributed by atoms with Crippen LogP contribution in [0.4, 0.5) is 5.69 Å². The quantitative estimate of drug-likeness (QED) is 0.879. The SMILES string of the molecule is CC(NCc1cccc2c1NCC2)c1ccncc1. The van der Waals surface area contributed by atoms with Crippen molar-refractivity contribution in [3.05, 3.63) is 59.4 Å². The molecule has 1 aromatic carbocycles. The van der Waals surface area contributed by atoms with Crippen molar-refractivity contribution in [1.29, 1.82) is 0 Å². The van der Waals surface area contributed by atoms with Crippen molar-refractivity contribution in [3.8, 4) is 0 Å². The third kappa shape index (κ3) is 2.61. The summed E-state index contributed by atoms with van der Waals surface area (Å²) in [5, 5.41) is 7.06. The number of hydrogen-bond acceptors (Lipinski definition) is 3. The Labute approximate surface area is 114 Å². The Morgan fingerprint density at radius 2 is 2.11 bits per heavy atom. The summed E-state index contributed by atoms with van der Waals surface area (Å²) in [6.45, 7) is 4.14. The summed E-state index contributed by atoms with van der Waals surface area (Å²) in [4.78, 5) is 4.06. The van der Waals surface area contributed by atoms with Crippen LogP contribution in [0.3, 0.4) is 0 Å². The molecule has 19 heavy (non-hydrogen) atoms. The van der Waals surface area contributed by atoms with Gasteiger partial charge in [0.2, 0.25) is 0 Å². The molecule has 0 bridgehead atoms. The smallest absolute Gasteiger partial charge is 0.0419 e. The first-order valence-corrected chi connectivity index (χ1v) is 6.82. The minimum atomic E-state index is 0.334. The molecular weight excluding hydrogens is 234 g/mol. The predicted molar refractivity (Wildman–Crippen MR) is 78.1 cm³/mol. The number of anilines is 1. The average molecular weight is 253 g/mol. The van der Waals surface area contributed by atoms with Gasteiger partial charge in [-0.05, 0) is 42.2 Å². The van der Waals surface area contributed by atoms with Gasteiger partial charge >= 0.3 is 0 Å². The Bertz CT molecular complexity index is 551. The predicted octanol–water partition coefficient (Wildman–Crippen LogP) is 2.90. The first-order chi connectivity index (χ1) is 9.34. The largest absolute Gasteiger partial charge is 0.384 e. The number of aromatic nitrogens is 1. The maximum Gasteiger partial charge on any atom is 0.0419 e. The first-order valence-electron chi connectivity index (χ1n) is 6.82. The monoisotopic (exact) mass is 253 g/mol. The van der Waals surface area contributed by atoms with Crippen LogP contribution < -0.4 is 10.6 Å². The zero-order chi connectivity index (χ0) is 13.1. The molecule has 3 rings (SSSR count). The molecule has 3 nitrogen and oxygen atoms in total. The molecule has 0 amide bonds. The molecule has 0 saturated carbocycles. The zero-order valence-corrected chi connectivity index (χ0v) is 11.2. The number of fused-ring (bicyclic) bond motifs is 1. The van der Waals surface area contributed by atoms with Crippen molar-refractivity contribution in [3.63, 3.8) is 0 Å². The van der Waals surface area contributed by atoms with Crippen LogP contribution in [0.5, 0.6) is 0 Å². The summed E-state index contributed by atoms with van der Waals surface area (Å²) in [6, 6.07) is 11.0. The van der Waals surface area contributed by atoms with Crippen LogP contribution in [0.1, 0.15) is 29.7 Å². The minimum Gasteiger partial charge on any atom is -0.384 e. The fraction of sp³-hybridized carbons (Fsp3) is 0.312. The number of pyridine rings is 1. The molecule has 1 unspecified atom stereocenters.